The van der Waals surface area contributed by atoms with Crippen LogP contribution in [0.5, 0.6) is 11.5 Å². The van der Waals surface area contributed by atoms with Gasteiger partial charge in [0.05, 0.1) is 25.6 Å². The molecule has 38 heavy (non-hydrogen) atoms. The van der Waals surface area contributed by atoms with E-state index in [9.17, 15) is 14.4 Å². The van der Waals surface area contributed by atoms with Gasteiger partial charge < -0.3 is 33.8 Å². The standard InChI is InChI=1S/C28H25N3O7/c32-25(16-30-27(33)23-9-5-13-36-23)31(17-19-10-11-22-24(14-19)38-18-37-22)26(20-6-2-1-3-7-20)28(34)29-15-21-8-4-12-35-21/h1-14,26H,15-18H2,(H,29,34)(H,30,33)/t26-/m1/s1. The second-order valence-electron chi connectivity index (χ2n) is 8.48. The molecule has 10 heteroatoms. The van der Waals surface area contributed by atoms with Crippen LogP contribution in [-0.2, 0) is 22.7 Å². The van der Waals surface area contributed by atoms with Crippen LogP contribution in [0.25, 0.3) is 0 Å². The quantitative estimate of drug-likeness (QED) is 0.332. The number of hydrogen-bond donors (Lipinski definition) is 2. The van der Waals surface area contributed by atoms with Gasteiger partial charge in [-0.15, -0.1) is 0 Å². The maximum Gasteiger partial charge on any atom is 0.287 e. The van der Waals surface area contributed by atoms with Gasteiger partial charge in [-0.05, 0) is 47.5 Å². The van der Waals surface area contributed by atoms with Gasteiger partial charge in [-0.3, -0.25) is 14.4 Å². The highest BCUT2D eigenvalue weighted by atomic mass is 16.7. The summed E-state index contributed by atoms with van der Waals surface area (Å²) in [6, 6.07) is 19.9. The lowest BCUT2D eigenvalue weighted by molar-refractivity contribution is -0.141. The van der Waals surface area contributed by atoms with Crippen molar-refractivity contribution in [3.8, 4) is 11.5 Å². The van der Waals surface area contributed by atoms with Gasteiger partial charge in [0.2, 0.25) is 18.6 Å². The summed E-state index contributed by atoms with van der Waals surface area (Å²) in [6.45, 7) is -0.0166. The first-order chi connectivity index (χ1) is 18.6. The summed E-state index contributed by atoms with van der Waals surface area (Å²) in [4.78, 5) is 41.1. The lowest BCUT2D eigenvalue weighted by atomic mass is 10.0. The monoisotopic (exact) mass is 515 g/mol. The zero-order valence-corrected chi connectivity index (χ0v) is 20.3. The Labute approximate surface area is 218 Å². The molecule has 0 unspecified atom stereocenters. The summed E-state index contributed by atoms with van der Waals surface area (Å²) >= 11 is 0. The van der Waals surface area contributed by atoms with Crippen LogP contribution in [-0.4, -0.2) is 36.0 Å². The molecular weight excluding hydrogens is 490 g/mol. The van der Waals surface area contributed by atoms with Crippen molar-refractivity contribution in [2.75, 3.05) is 13.3 Å². The molecule has 4 aromatic rings. The molecule has 0 saturated heterocycles. The van der Waals surface area contributed by atoms with Crippen LogP contribution < -0.4 is 20.1 Å². The summed E-state index contributed by atoms with van der Waals surface area (Å²) in [7, 11) is 0. The third kappa shape index (κ3) is 5.70. The second kappa shape index (κ2) is 11.4. The van der Waals surface area contributed by atoms with E-state index in [4.69, 9.17) is 18.3 Å². The molecule has 0 bridgehead atoms. The molecule has 2 aromatic heterocycles. The Kier molecular flexibility index (Phi) is 7.39. The highest BCUT2D eigenvalue weighted by molar-refractivity contribution is 5.95. The SMILES string of the molecule is O=C(NCC(=O)N(Cc1ccc2c(c1)OCO2)[C@@H](C(=O)NCc1ccco1)c1ccccc1)c1ccco1. The summed E-state index contributed by atoms with van der Waals surface area (Å²) in [5, 5.41) is 5.44. The molecule has 2 aromatic carbocycles. The van der Waals surface area contributed by atoms with Crippen LogP contribution in [0.2, 0.25) is 0 Å². The van der Waals surface area contributed by atoms with E-state index >= 15 is 0 Å². The Morgan fingerprint density at radius 1 is 0.842 bits per heavy atom. The third-order valence-corrected chi connectivity index (χ3v) is 5.95. The average Bonchev–Trinajstić information content (AvgIpc) is 3.73. The molecule has 10 nitrogen and oxygen atoms in total. The number of carbonyl (C=O) groups excluding carboxylic acids is 3. The highest BCUT2D eigenvalue weighted by Crippen LogP contribution is 2.34. The number of fused-ring (bicyclic) bond motifs is 1. The number of amides is 3. The van der Waals surface area contributed by atoms with Crippen LogP contribution in [0, 0.1) is 0 Å². The molecule has 3 heterocycles. The molecule has 0 radical (unpaired) electrons. The maximum atomic E-state index is 13.6. The van der Waals surface area contributed by atoms with E-state index < -0.39 is 23.8 Å². The Hall–Kier alpha value is -4.99. The minimum atomic E-state index is -0.996. The van der Waals surface area contributed by atoms with E-state index in [1.807, 2.05) is 6.07 Å². The Morgan fingerprint density at radius 3 is 2.39 bits per heavy atom. The lowest BCUT2D eigenvalue weighted by Gasteiger charge is -2.31. The van der Waals surface area contributed by atoms with Gasteiger partial charge in [0, 0.05) is 6.54 Å². The number of carbonyl (C=O) groups is 3. The molecule has 0 aliphatic carbocycles. The molecule has 0 saturated carbocycles. The molecular formula is C28H25N3O7. The summed E-state index contributed by atoms with van der Waals surface area (Å²) in [6.07, 6.45) is 2.89. The van der Waals surface area contributed by atoms with Crippen LogP contribution in [0.4, 0.5) is 0 Å². The van der Waals surface area contributed by atoms with Crippen molar-refractivity contribution in [2.24, 2.45) is 0 Å². The fourth-order valence-corrected chi connectivity index (χ4v) is 4.10. The third-order valence-electron chi connectivity index (χ3n) is 5.95. The smallest absolute Gasteiger partial charge is 0.287 e. The summed E-state index contributed by atoms with van der Waals surface area (Å²) < 4.78 is 21.3. The van der Waals surface area contributed by atoms with Crippen LogP contribution in [0.1, 0.15) is 33.5 Å². The van der Waals surface area contributed by atoms with Gasteiger partial charge in [0.25, 0.3) is 5.91 Å². The van der Waals surface area contributed by atoms with E-state index in [0.29, 0.717) is 22.8 Å². The molecule has 194 valence electrons. The predicted molar refractivity (Wildman–Crippen MR) is 134 cm³/mol. The Bertz CT molecular complexity index is 1390. The number of nitrogens with zero attached hydrogens (tertiary/aromatic N) is 1. The number of furan rings is 2. The van der Waals surface area contributed by atoms with Crippen molar-refractivity contribution in [1.29, 1.82) is 0 Å². The number of hydrogen-bond acceptors (Lipinski definition) is 7. The second-order valence-corrected chi connectivity index (χ2v) is 8.48. The van der Waals surface area contributed by atoms with Gasteiger partial charge in [0.1, 0.15) is 11.8 Å². The van der Waals surface area contributed by atoms with E-state index in [1.54, 1.807) is 60.7 Å². The molecule has 2 N–H and O–H groups in total. The number of benzene rings is 2. The Morgan fingerprint density at radius 2 is 1.63 bits per heavy atom. The molecule has 1 atom stereocenters. The van der Waals surface area contributed by atoms with Crippen molar-refractivity contribution >= 4 is 17.7 Å². The van der Waals surface area contributed by atoms with E-state index in [1.165, 1.54) is 23.5 Å². The topological polar surface area (TPSA) is 123 Å². The predicted octanol–water partition coefficient (Wildman–Crippen LogP) is 3.42. The maximum absolute atomic E-state index is 13.6. The van der Waals surface area contributed by atoms with Crippen molar-refractivity contribution in [3.05, 3.63) is 108 Å². The van der Waals surface area contributed by atoms with Crippen LogP contribution in [0.15, 0.2) is 94.2 Å². The minimum Gasteiger partial charge on any atom is -0.467 e. The normalized spacial score (nSPS) is 12.5. The zero-order chi connectivity index (χ0) is 26.3. The van der Waals surface area contributed by atoms with Crippen LogP contribution >= 0.6 is 0 Å². The van der Waals surface area contributed by atoms with Gasteiger partial charge >= 0.3 is 0 Å². The molecule has 3 amide bonds. The Balaban J connectivity index is 1.43. The number of nitrogens with one attached hydrogen (secondary N) is 2. The van der Waals surface area contributed by atoms with Crippen LogP contribution in [0.3, 0.4) is 0 Å². The van der Waals surface area contributed by atoms with E-state index in [2.05, 4.69) is 10.6 Å². The first kappa shape index (κ1) is 24.7. The summed E-state index contributed by atoms with van der Waals surface area (Å²) in [5.41, 5.74) is 1.33. The van der Waals surface area contributed by atoms with Gasteiger partial charge in [0.15, 0.2) is 17.3 Å². The molecule has 1 aliphatic heterocycles. The van der Waals surface area contributed by atoms with E-state index in [-0.39, 0.29) is 32.2 Å². The average molecular weight is 516 g/mol. The summed E-state index contributed by atoms with van der Waals surface area (Å²) in [5.74, 6) is 0.404. The van der Waals surface area contributed by atoms with Gasteiger partial charge in [-0.25, -0.2) is 0 Å². The van der Waals surface area contributed by atoms with Crippen molar-refractivity contribution in [3.63, 3.8) is 0 Å². The minimum absolute atomic E-state index is 0.0693. The van der Waals surface area contributed by atoms with Crippen molar-refractivity contribution in [2.45, 2.75) is 19.1 Å². The van der Waals surface area contributed by atoms with Gasteiger partial charge in [-0.1, -0.05) is 36.4 Å². The van der Waals surface area contributed by atoms with Gasteiger partial charge in [-0.2, -0.15) is 0 Å². The first-order valence-corrected chi connectivity index (χ1v) is 11.9. The van der Waals surface area contributed by atoms with Crippen molar-refractivity contribution in [1.82, 2.24) is 15.5 Å². The first-order valence-electron chi connectivity index (χ1n) is 11.9. The highest BCUT2D eigenvalue weighted by Gasteiger charge is 2.32. The largest absolute Gasteiger partial charge is 0.467 e. The molecule has 0 fully saturated rings. The van der Waals surface area contributed by atoms with E-state index in [0.717, 1.165) is 5.56 Å². The fourth-order valence-electron chi connectivity index (χ4n) is 4.10. The lowest BCUT2D eigenvalue weighted by Crippen LogP contribution is -2.46. The van der Waals surface area contributed by atoms with Crippen molar-refractivity contribution < 1.29 is 32.7 Å². The molecule has 5 rings (SSSR count). The molecule has 1 aliphatic rings. The number of ether oxygens (including phenoxy) is 2. The zero-order valence-electron chi connectivity index (χ0n) is 20.3. The molecule has 0 spiro atoms. The fraction of sp³-hybridized carbons (Fsp3) is 0.179. The number of rotatable bonds is 10.